The second-order valence-electron chi connectivity index (χ2n) is 5.85. The highest BCUT2D eigenvalue weighted by Gasteiger charge is 2.12. The summed E-state index contributed by atoms with van der Waals surface area (Å²) in [5.74, 6) is -2.86. The lowest BCUT2D eigenvalue weighted by molar-refractivity contribution is -0.140. The number of aliphatic carboxylic acids is 3. The van der Waals surface area contributed by atoms with Gasteiger partial charge in [0.2, 0.25) is 0 Å². The molecule has 0 aromatic rings. The van der Waals surface area contributed by atoms with Crippen LogP contribution in [0.2, 0.25) is 0 Å². The monoisotopic (exact) mass is 347 g/mol. The summed E-state index contributed by atoms with van der Waals surface area (Å²) in [6.07, 6.45) is 11.3. The van der Waals surface area contributed by atoms with Crippen molar-refractivity contribution in [1.29, 1.82) is 0 Å². The summed E-state index contributed by atoms with van der Waals surface area (Å²) in [4.78, 5) is 30.1. The number of hydrogen-bond acceptors (Lipinski definition) is 4. The number of unbranched alkanes of at least 4 members (excludes halogenated alkanes) is 8. The van der Waals surface area contributed by atoms with Gasteiger partial charge in [0, 0.05) is 12.8 Å². The second-order valence-corrected chi connectivity index (χ2v) is 5.85. The Labute approximate surface area is 144 Å². The van der Waals surface area contributed by atoms with Crippen molar-refractivity contribution in [2.45, 2.75) is 90.0 Å². The summed E-state index contributed by atoms with van der Waals surface area (Å²) in [6, 6.07) is -1.06. The zero-order chi connectivity index (χ0) is 18.8. The minimum absolute atomic E-state index is 0.0231. The fourth-order valence-electron chi connectivity index (χ4n) is 1.99. The molecule has 142 valence electrons. The standard InChI is InChI=1S/C12H24O2.C5H9NO4/c1-2-3-4-5-6-7-8-9-10-11-12(13)14;6-3(5(9)10)1-2-4(7)8/h2-11H2,1H3,(H,13,14);3H,1-2,6H2,(H,7,8)(H,9,10)/t;3-/m.0/s1. The fraction of sp³-hybridized carbons (Fsp3) is 0.824. The molecule has 5 N–H and O–H groups in total. The topological polar surface area (TPSA) is 138 Å². The van der Waals surface area contributed by atoms with Crippen LogP contribution in [-0.2, 0) is 14.4 Å². The van der Waals surface area contributed by atoms with Gasteiger partial charge in [-0.3, -0.25) is 14.4 Å². The Kier molecular flexibility index (Phi) is 18.2. The van der Waals surface area contributed by atoms with Gasteiger partial charge in [0.15, 0.2) is 0 Å². The van der Waals surface area contributed by atoms with E-state index in [9.17, 15) is 14.4 Å². The van der Waals surface area contributed by atoms with Crippen LogP contribution < -0.4 is 5.73 Å². The molecule has 7 nitrogen and oxygen atoms in total. The van der Waals surface area contributed by atoms with Crippen molar-refractivity contribution in [2.24, 2.45) is 5.73 Å². The zero-order valence-corrected chi connectivity index (χ0v) is 14.7. The molecule has 0 heterocycles. The molecule has 24 heavy (non-hydrogen) atoms. The lowest BCUT2D eigenvalue weighted by Gasteiger charge is -2.01. The van der Waals surface area contributed by atoms with E-state index in [4.69, 9.17) is 21.1 Å². The Morgan fingerprint density at radius 3 is 1.54 bits per heavy atom. The normalized spacial score (nSPS) is 11.2. The van der Waals surface area contributed by atoms with E-state index in [1.807, 2.05) is 0 Å². The molecule has 7 heteroatoms. The maximum Gasteiger partial charge on any atom is 0.320 e. The lowest BCUT2D eigenvalue weighted by Crippen LogP contribution is -2.30. The minimum atomic E-state index is -1.17. The fourth-order valence-corrected chi connectivity index (χ4v) is 1.99. The van der Waals surface area contributed by atoms with Crippen LogP contribution in [0.4, 0.5) is 0 Å². The van der Waals surface area contributed by atoms with Crippen LogP contribution in [-0.4, -0.2) is 39.3 Å². The minimum Gasteiger partial charge on any atom is -0.481 e. The van der Waals surface area contributed by atoms with Crippen molar-refractivity contribution in [3.8, 4) is 0 Å². The van der Waals surface area contributed by atoms with E-state index in [1.54, 1.807) is 0 Å². The molecular weight excluding hydrogens is 314 g/mol. The highest BCUT2D eigenvalue weighted by atomic mass is 16.4. The predicted molar refractivity (Wildman–Crippen MR) is 92.0 cm³/mol. The Hall–Kier alpha value is -1.63. The van der Waals surface area contributed by atoms with Crippen LogP contribution in [0.1, 0.15) is 84.0 Å². The largest absolute Gasteiger partial charge is 0.481 e. The molecule has 0 aliphatic heterocycles. The number of nitrogens with two attached hydrogens (primary N) is 1. The summed E-state index contributed by atoms with van der Waals surface area (Å²) in [5, 5.41) is 24.7. The van der Waals surface area contributed by atoms with Crippen LogP contribution >= 0.6 is 0 Å². The molecule has 0 aliphatic rings. The summed E-state index contributed by atoms with van der Waals surface area (Å²) >= 11 is 0. The molecule has 0 amide bonds. The van der Waals surface area contributed by atoms with Gasteiger partial charge in [-0.2, -0.15) is 0 Å². The van der Waals surface area contributed by atoms with Crippen LogP contribution in [0.3, 0.4) is 0 Å². The number of hydrogen-bond donors (Lipinski definition) is 4. The highest BCUT2D eigenvalue weighted by molar-refractivity contribution is 5.74. The third-order valence-electron chi connectivity index (χ3n) is 3.48. The SMILES string of the molecule is CCCCCCCCCCCC(=O)O.N[C@@H](CCC(=O)O)C(=O)O. The van der Waals surface area contributed by atoms with Gasteiger partial charge in [-0.25, -0.2) is 0 Å². The van der Waals surface area contributed by atoms with E-state index >= 15 is 0 Å². The van der Waals surface area contributed by atoms with Gasteiger partial charge >= 0.3 is 17.9 Å². The van der Waals surface area contributed by atoms with E-state index in [1.165, 1.54) is 44.9 Å². The van der Waals surface area contributed by atoms with Gasteiger partial charge < -0.3 is 21.1 Å². The molecule has 0 aliphatic carbocycles. The molecule has 0 radical (unpaired) electrons. The Morgan fingerprint density at radius 2 is 1.17 bits per heavy atom. The highest BCUT2D eigenvalue weighted by Crippen LogP contribution is 2.10. The molecule has 0 bridgehead atoms. The molecule has 0 saturated carbocycles. The molecule has 0 aromatic heterocycles. The van der Waals surface area contributed by atoms with E-state index in [0.29, 0.717) is 6.42 Å². The first-order valence-electron chi connectivity index (χ1n) is 8.73. The smallest absolute Gasteiger partial charge is 0.320 e. The number of carboxylic acids is 3. The Morgan fingerprint density at radius 1 is 0.750 bits per heavy atom. The second kappa shape index (κ2) is 17.7. The van der Waals surface area contributed by atoms with Gasteiger partial charge in [0.05, 0.1) is 0 Å². The first-order valence-corrected chi connectivity index (χ1v) is 8.73. The van der Waals surface area contributed by atoms with Crippen LogP contribution in [0.25, 0.3) is 0 Å². The van der Waals surface area contributed by atoms with Gasteiger partial charge in [0.25, 0.3) is 0 Å². The van der Waals surface area contributed by atoms with Crippen LogP contribution in [0.15, 0.2) is 0 Å². The summed E-state index contributed by atoms with van der Waals surface area (Å²) in [7, 11) is 0. The van der Waals surface area contributed by atoms with Crippen molar-refractivity contribution >= 4 is 17.9 Å². The van der Waals surface area contributed by atoms with Crippen molar-refractivity contribution in [2.75, 3.05) is 0 Å². The van der Waals surface area contributed by atoms with Crippen LogP contribution in [0.5, 0.6) is 0 Å². The Balaban J connectivity index is 0. The van der Waals surface area contributed by atoms with Crippen molar-refractivity contribution in [1.82, 2.24) is 0 Å². The molecule has 0 aromatic carbocycles. The maximum absolute atomic E-state index is 10.2. The molecule has 0 unspecified atom stereocenters. The quantitative estimate of drug-likeness (QED) is 0.354. The predicted octanol–water partition coefficient (Wildman–Crippen LogP) is 3.26. The van der Waals surface area contributed by atoms with E-state index in [-0.39, 0.29) is 12.8 Å². The average Bonchev–Trinajstić information content (AvgIpc) is 2.51. The zero-order valence-electron chi connectivity index (χ0n) is 14.7. The molecule has 0 fully saturated rings. The van der Waals surface area contributed by atoms with Crippen molar-refractivity contribution in [3.63, 3.8) is 0 Å². The van der Waals surface area contributed by atoms with Gasteiger partial charge in [-0.1, -0.05) is 58.3 Å². The first kappa shape index (κ1) is 24.6. The first-order chi connectivity index (χ1) is 11.3. The van der Waals surface area contributed by atoms with E-state index in [2.05, 4.69) is 6.92 Å². The number of carboxylic acid groups (broad SMARTS) is 3. The van der Waals surface area contributed by atoms with Gasteiger partial charge in [-0.15, -0.1) is 0 Å². The molecular formula is C17H33NO6. The maximum atomic E-state index is 10.2. The number of rotatable bonds is 14. The van der Waals surface area contributed by atoms with Gasteiger partial charge in [0.1, 0.15) is 6.04 Å². The Bertz CT molecular complexity index is 346. The van der Waals surface area contributed by atoms with Crippen molar-refractivity contribution in [3.05, 3.63) is 0 Å². The number of carbonyl (C=O) groups is 3. The van der Waals surface area contributed by atoms with Crippen molar-refractivity contribution < 1.29 is 29.7 Å². The third kappa shape index (κ3) is 22.6. The summed E-state index contributed by atoms with van der Waals surface area (Å²) in [6.45, 7) is 2.23. The lowest BCUT2D eigenvalue weighted by atomic mass is 10.1. The molecule has 0 spiro atoms. The molecule has 0 rings (SSSR count). The van der Waals surface area contributed by atoms with Crippen LogP contribution in [0, 0.1) is 0 Å². The average molecular weight is 347 g/mol. The summed E-state index contributed by atoms with van der Waals surface area (Å²) in [5.41, 5.74) is 5.00. The van der Waals surface area contributed by atoms with E-state index < -0.39 is 23.9 Å². The third-order valence-corrected chi connectivity index (χ3v) is 3.48. The molecule has 1 atom stereocenters. The molecule has 0 saturated heterocycles. The van der Waals surface area contributed by atoms with Gasteiger partial charge in [-0.05, 0) is 12.8 Å². The summed E-state index contributed by atoms with van der Waals surface area (Å²) < 4.78 is 0. The van der Waals surface area contributed by atoms with E-state index in [0.717, 1.165) is 12.8 Å².